The van der Waals surface area contributed by atoms with E-state index >= 15 is 0 Å². The number of nitrogens with one attached hydrogen (secondary N) is 1. The summed E-state index contributed by atoms with van der Waals surface area (Å²) in [4.78, 5) is 32.5. The van der Waals surface area contributed by atoms with Crippen LogP contribution in [0, 0.1) is 0 Å². The number of piperazine rings is 1. The second-order valence-electron chi connectivity index (χ2n) is 6.55. The van der Waals surface area contributed by atoms with Crippen molar-refractivity contribution in [1.29, 1.82) is 0 Å². The van der Waals surface area contributed by atoms with E-state index < -0.39 is 10.9 Å². The van der Waals surface area contributed by atoms with E-state index in [0.717, 1.165) is 24.3 Å². The molecule has 1 saturated heterocycles. The highest BCUT2D eigenvalue weighted by atomic mass is 35.5. The number of halogens is 1. The summed E-state index contributed by atoms with van der Waals surface area (Å²) < 4.78 is 0. The Bertz CT molecular complexity index is 1010. The van der Waals surface area contributed by atoms with E-state index in [0.29, 0.717) is 36.0 Å². The maximum absolute atomic E-state index is 12.1. The first-order valence-electron chi connectivity index (χ1n) is 8.85. The highest BCUT2D eigenvalue weighted by molar-refractivity contribution is 6.30. The van der Waals surface area contributed by atoms with Gasteiger partial charge in [0.05, 0.1) is 0 Å². The van der Waals surface area contributed by atoms with E-state index in [9.17, 15) is 9.59 Å². The van der Waals surface area contributed by atoms with Crippen molar-refractivity contribution in [3.63, 3.8) is 0 Å². The van der Waals surface area contributed by atoms with Gasteiger partial charge in [0.15, 0.2) is 0 Å². The third-order valence-electron chi connectivity index (χ3n) is 4.85. The molecule has 0 atom stereocenters. The van der Waals surface area contributed by atoms with Crippen LogP contribution >= 0.6 is 11.6 Å². The largest absolute Gasteiger partial charge is 0.376 e. The molecule has 0 saturated carbocycles. The van der Waals surface area contributed by atoms with E-state index in [1.54, 1.807) is 12.4 Å². The second-order valence-corrected chi connectivity index (χ2v) is 6.99. The predicted octanol–water partition coefficient (Wildman–Crippen LogP) is 2.27. The molecule has 1 aliphatic rings. The van der Waals surface area contributed by atoms with Gasteiger partial charge in [0.25, 0.3) is 10.9 Å². The Kier molecular flexibility index (Phi) is 4.81. The molecule has 27 heavy (non-hydrogen) atoms. The predicted molar refractivity (Wildman–Crippen MR) is 109 cm³/mol. The molecule has 0 bridgehead atoms. The summed E-state index contributed by atoms with van der Waals surface area (Å²) in [5, 5.41) is 3.82. The molecular weight excluding hydrogens is 364 g/mol. The third-order valence-corrected chi connectivity index (χ3v) is 5.08. The lowest BCUT2D eigenvalue weighted by Crippen LogP contribution is -2.51. The van der Waals surface area contributed by atoms with Gasteiger partial charge in [-0.3, -0.25) is 14.6 Å². The van der Waals surface area contributed by atoms with Gasteiger partial charge in [0.2, 0.25) is 0 Å². The Morgan fingerprint density at radius 3 is 2.48 bits per heavy atom. The lowest BCUT2D eigenvalue weighted by molar-refractivity contribution is 0.650. The molecule has 0 spiro atoms. The monoisotopic (exact) mass is 382 g/mol. The van der Waals surface area contributed by atoms with Crippen LogP contribution in [0.25, 0.3) is 0 Å². The number of aromatic nitrogens is 1. The summed E-state index contributed by atoms with van der Waals surface area (Å²) in [7, 11) is 0. The molecule has 1 N–H and O–H groups in total. The average Bonchev–Trinajstić information content (AvgIpc) is 2.71. The normalized spacial score (nSPS) is 14.6. The highest BCUT2D eigenvalue weighted by Crippen LogP contribution is 2.25. The standard InChI is InChI=1S/C20H19ClN4O2/c21-15-4-1-5-16(11-15)24-7-9-25(10-8-24)18-17(19(26)20(18)27)23-13-14-3-2-6-22-12-14/h1-6,11-12,23H,7-10,13H2. The molecule has 4 rings (SSSR count). The van der Waals surface area contributed by atoms with Gasteiger partial charge < -0.3 is 15.1 Å². The number of rotatable bonds is 5. The number of hydrogen-bond acceptors (Lipinski definition) is 6. The highest BCUT2D eigenvalue weighted by Gasteiger charge is 2.28. The summed E-state index contributed by atoms with van der Waals surface area (Å²) in [5.41, 5.74) is 2.12. The van der Waals surface area contributed by atoms with Gasteiger partial charge in [0, 0.05) is 55.8 Å². The Morgan fingerprint density at radius 1 is 1.00 bits per heavy atom. The Morgan fingerprint density at radius 2 is 1.78 bits per heavy atom. The molecule has 3 aromatic rings. The van der Waals surface area contributed by atoms with Crippen LogP contribution in [-0.4, -0.2) is 31.2 Å². The summed E-state index contributed by atoms with van der Waals surface area (Å²) >= 11 is 6.07. The van der Waals surface area contributed by atoms with Crippen molar-refractivity contribution in [2.75, 3.05) is 41.3 Å². The SMILES string of the molecule is O=c1c(NCc2cccnc2)c(N2CCN(c3cccc(Cl)c3)CC2)c1=O. The van der Waals surface area contributed by atoms with E-state index in [1.807, 2.05) is 41.3 Å². The van der Waals surface area contributed by atoms with Gasteiger partial charge in [-0.1, -0.05) is 23.7 Å². The van der Waals surface area contributed by atoms with Gasteiger partial charge in [-0.15, -0.1) is 0 Å². The fraction of sp³-hybridized carbons (Fsp3) is 0.250. The maximum atomic E-state index is 12.1. The maximum Gasteiger partial charge on any atom is 0.253 e. The average molecular weight is 383 g/mol. The molecular formula is C20H19ClN4O2. The smallest absolute Gasteiger partial charge is 0.253 e. The topological polar surface area (TPSA) is 65.5 Å². The minimum absolute atomic E-state index is 0.403. The van der Waals surface area contributed by atoms with E-state index in [4.69, 9.17) is 11.6 Å². The molecule has 0 amide bonds. The van der Waals surface area contributed by atoms with E-state index in [-0.39, 0.29) is 0 Å². The van der Waals surface area contributed by atoms with Gasteiger partial charge in [-0.05, 0) is 29.8 Å². The van der Waals surface area contributed by atoms with Gasteiger partial charge in [-0.2, -0.15) is 0 Å². The number of anilines is 3. The molecule has 138 valence electrons. The van der Waals surface area contributed by atoms with Crippen molar-refractivity contribution in [3.05, 3.63) is 79.8 Å². The summed E-state index contributed by atoms with van der Waals surface area (Å²) in [5.74, 6) is 0. The van der Waals surface area contributed by atoms with E-state index in [1.165, 1.54) is 0 Å². The van der Waals surface area contributed by atoms with Crippen molar-refractivity contribution in [1.82, 2.24) is 4.98 Å². The Labute approximate surface area is 161 Å². The van der Waals surface area contributed by atoms with Crippen LogP contribution in [0.5, 0.6) is 0 Å². The second kappa shape index (κ2) is 7.40. The lowest BCUT2D eigenvalue weighted by atomic mass is 10.1. The number of benzene rings is 1. The van der Waals surface area contributed by atoms with Crippen molar-refractivity contribution in [2.24, 2.45) is 0 Å². The molecule has 2 aromatic carbocycles. The number of hydrogen-bond donors (Lipinski definition) is 1. The minimum atomic E-state index is -0.439. The molecule has 0 unspecified atom stereocenters. The fourth-order valence-corrected chi connectivity index (χ4v) is 3.58. The van der Waals surface area contributed by atoms with Crippen LogP contribution in [0.3, 0.4) is 0 Å². The minimum Gasteiger partial charge on any atom is -0.376 e. The van der Waals surface area contributed by atoms with Crippen LogP contribution in [0.15, 0.2) is 58.4 Å². The van der Waals surface area contributed by atoms with Crippen molar-refractivity contribution in [3.8, 4) is 0 Å². The van der Waals surface area contributed by atoms with Crippen LogP contribution in [0.1, 0.15) is 5.56 Å². The zero-order valence-corrected chi connectivity index (χ0v) is 15.4. The van der Waals surface area contributed by atoms with Crippen LogP contribution in [0.4, 0.5) is 17.1 Å². The number of nitrogens with zero attached hydrogens (tertiary/aromatic N) is 3. The first-order chi connectivity index (χ1) is 13.1. The van der Waals surface area contributed by atoms with Crippen molar-refractivity contribution in [2.45, 2.75) is 6.54 Å². The zero-order valence-electron chi connectivity index (χ0n) is 14.7. The van der Waals surface area contributed by atoms with Crippen molar-refractivity contribution < 1.29 is 0 Å². The van der Waals surface area contributed by atoms with Gasteiger partial charge in [0.1, 0.15) is 11.4 Å². The van der Waals surface area contributed by atoms with Crippen molar-refractivity contribution >= 4 is 28.7 Å². The summed E-state index contributed by atoms with van der Waals surface area (Å²) in [6.07, 6.45) is 3.44. The molecule has 7 heteroatoms. The fourth-order valence-electron chi connectivity index (χ4n) is 3.40. The lowest BCUT2D eigenvalue weighted by Gasteiger charge is -2.38. The van der Waals surface area contributed by atoms with Crippen LogP contribution in [0.2, 0.25) is 5.02 Å². The molecule has 1 aromatic heterocycles. The molecule has 0 aliphatic carbocycles. The molecule has 0 radical (unpaired) electrons. The molecule has 1 fully saturated rings. The Balaban J connectivity index is 1.44. The van der Waals surface area contributed by atoms with Gasteiger partial charge >= 0.3 is 0 Å². The van der Waals surface area contributed by atoms with Gasteiger partial charge in [-0.25, -0.2) is 0 Å². The third kappa shape index (κ3) is 3.53. The quantitative estimate of drug-likeness (QED) is 0.683. The number of pyridine rings is 1. The molecule has 1 aliphatic heterocycles. The van der Waals surface area contributed by atoms with E-state index in [2.05, 4.69) is 15.2 Å². The summed E-state index contributed by atoms with van der Waals surface area (Å²) in [6, 6.07) is 11.5. The first-order valence-corrected chi connectivity index (χ1v) is 9.23. The Hall–Kier alpha value is -2.86. The first kappa shape index (κ1) is 17.5. The zero-order chi connectivity index (χ0) is 18.8. The van der Waals surface area contributed by atoms with Crippen LogP contribution < -0.4 is 26.0 Å². The van der Waals surface area contributed by atoms with Crippen LogP contribution in [-0.2, 0) is 6.54 Å². The molecule has 2 heterocycles. The molecule has 6 nitrogen and oxygen atoms in total. The summed E-state index contributed by atoms with van der Waals surface area (Å²) in [6.45, 7) is 3.36.